The van der Waals surface area contributed by atoms with Crippen molar-refractivity contribution in [3.05, 3.63) is 58.5 Å². The summed E-state index contributed by atoms with van der Waals surface area (Å²) in [6.07, 6.45) is 0.522. The highest BCUT2D eigenvalue weighted by atomic mass is 19.1. The van der Waals surface area contributed by atoms with Crippen LogP contribution in [-0.2, 0) is 17.3 Å². The van der Waals surface area contributed by atoms with E-state index in [2.05, 4.69) is 50.0 Å². The Bertz CT molecular complexity index is 944. The monoisotopic (exact) mass is 354 g/mol. The van der Waals surface area contributed by atoms with E-state index in [4.69, 9.17) is 0 Å². The summed E-state index contributed by atoms with van der Waals surface area (Å²) in [5.41, 5.74) is 4.14. The zero-order chi connectivity index (χ0) is 19.3. The minimum absolute atomic E-state index is 0.00722. The maximum Gasteiger partial charge on any atom is 0.130 e. The van der Waals surface area contributed by atoms with Gasteiger partial charge in [0.15, 0.2) is 0 Å². The lowest BCUT2D eigenvalue weighted by Gasteiger charge is -2.26. The van der Waals surface area contributed by atoms with Gasteiger partial charge < -0.3 is 5.11 Å². The third kappa shape index (κ3) is 3.09. The van der Waals surface area contributed by atoms with Gasteiger partial charge in [0.1, 0.15) is 11.6 Å². The molecule has 2 aromatic carbocycles. The number of aromatic hydroxyl groups is 1. The number of phenolic OH excluding ortho intramolecular Hbond substituents is 1. The average molecular weight is 354 g/mol. The predicted molar refractivity (Wildman–Crippen MR) is 104 cm³/mol. The van der Waals surface area contributed by atoms with E-state index in [1.165, 1.54) is 29.3 Å². The number of nitrogens with zero attached hydrogens (tertiary/aromatic N) is 1. The van der Waals surface area contributed by atoms with E-state index in [1.807, 2.05) is 13.8 Å². The van der Waals surface area contributed by atoms with Crippen LogP contribution in [0.15, 0.2) is 30.3 Å². The lowest BCUT2D eigenvalue weighted by Crippen LogP contribution is -2.22. The molecule has 0 amide bonds. The van der Waals surface area contributed by atoms with Crippen LogP contribution in [0, 0.1) is 12.7 Å². The summed E-state index contributed by atoms with van der Waals surface area (Å²) in [7, 11) is 0. The molecule has 26 heavy (non-hydrogen) atoms. The number of fused-ring (bicyclic) bond motifs is 1. The Morgan fingerprint density at radius 2 is 1.73 bits per heavy atom. The van der Waals surface area contributed by atoms with Gasteiger partial charge in [-0.15, -0.1) is 0 Å². The maximum absolute atomic E-state index is 14.4. The van der Waals surface area contributed by atoms with Crippen molar-refractivity contribution in [3.8, 4) is 5.75 Å². The molecule has 1 heterocycles. The number of halogens is 1. The molecule has 0 atom stereocenters. The normalized spacial score (nSPS) is 12.7. The van der Waals surface area contributed by atoms with Crippen LogP contribution in [0.3, 0.4) is 0 Å². The van der Waals surface area contributed by atoms with Gasteiger partial charge in [-0.25, -0.2) is 4.39 Å². The topological polar surface area (TPSA) is 48.9 Å². The number of nitrogens with one attached hydrogen (secondary N) is 1. The van der Waals surface area contributed by atoms with E-state index in [1.54, 1.807) is 0 Å². The second-order valence-electron chi connectivity index (χ2n) is 8.79. The number of H-pyrrole nitrogens is 1. The first-order valence-electron chi connectivity index (χ1n) is 8.97. The Labute approximate surface area is 154 Å². The largest absolute Gasteiger partial charge is 0.508 e. The summed E-state index contributed by atoms with van der Waals surface area (Å²) in [6, 6.07) is 8.64. The Balaban J connectivity index is 2.10. The van der Waals surface area contributed by atoms with Gasteiger partial charge in [-0.2, -0.15) is 5.10 Å². The van der Waals surface area contributed by atoms with Gasteiger partial charge in [-0.1, -0.05) is 52.8 Å². The van der Waals surface area contributed by atoms with Crippen molar-refractivity contribution in [3.63, 3.8) is 0 Å². The average Bonchev–Trinajstić information content (AvgIpc) is 2.87. The van der Waals surface area contributed by atoms with E-state index in [0.29, 0.717) is 12.0 Å². The van der Waals surface area contributed by atoms with Gasteiger partial charge in [-0.3, -0.25) is 5.10 Å². The van der Waals surface area contributed by atoms with Crippen LogP contribution >= 0.6 is 0 Å². The van der Waals surface area contributed by atoms with E-state index in [-0.39, 0.29) is 17.0 Å². The Morgan fingerprint density at radius 1 is 1.04 bits per heavy atom. The van der Waals surface area contributed by atoms with Gasteiger partial charge in [-0.05, 0) is 35.6 Å². The smallest absolute Gasteiger partial charge is 0.130 e. The van der Waals surface area contributed by atoms with Crippen LogP contribution in [0.4, 0.5) is 4.39 Å². The van der Waals surface area contributed by atoms with Crippen LogP contribution in [0.5, 0.6) is 5.75 Å². The van der Waals surface area contributed by atoms with Crippen molar-refractivity contribution >= 4 is 10.9 Å². The fourth-order valence-corrected chi connectivity index (χ4v) is 4.04. The van der Waals surface area contributed by atoms with Crippen molar-refractivity contribution in [1.29, 1.82) is 0 Å². The highest BCUT2D eigenvalue weighted by molar-refractivity contribution is 5.86. The van der Waals surface area contributed by atoms with Crippen LogP contribution < -0.4 is 0 Å². The summed E-state index contributed by atoms with van der Waals surface area (Å²) in [5.74, 6) is -0.401. The molecule has 0 spiro atoms. The summed E-state index contributed by atoms with van der Waals surface area (Å²) >= 11 is 0. The van der Waals surface area contributed by atoms with Crippen molar-refractivity contribution in [2.45, 2.75) is 58.8 Å². The summed E-state index contributed by atoms with van der Waals surface area (Å²) < 4.78 is 14.4. The molecule has 3 nitrogen and oxygen atoms in total. The van der Waals surface area contributed by atoms with Crippen molar-refractivity contribution in [2.75, 3.05) is 0 Å². The first-order valence-corrected chi connectivity index (χ1v) is 8.97. The Morgan fingerprint density at radius 3 is 2.35 bits per heavy atom. The first kappa shape index (κ1) is 18.4. The molecule has 0 aliphatic rings. The fraction of sp³-hybridized carbons (Fsp3) is 0.409. The molecule has 1 aromatic heterocycles. The highest BCUT2D eigenvalue weighted by Gasteiger charge is 2.30. The Hall–Kier alpha value is -2.36. The third-order valence-corrected chi connectivity index (χ3v) is 5.06. The molecule has 0 aliphatic heterocycles. The molecule has 0 saturated heterocycles. The molecule has 3 rings (SSSR count). The standard InChI is InChI=1S/C22H27FN2O/c1-13-10-11-14-16(24-25-20(14)18(13)21(2,3)4)12-22(5,6)19-15(23)8-7-9-17(19)26/h7-11,26H,12H2,1-6H3,(H,24,25). The number of phenols is 1. The van der Waals surface area contributed by atoms with Crippen LogP contribution in [-0.4, -0.2) is 15.3 Å². The van der Waals surface area contributed by atoms with Crippen LogP contribution in [0.1, 0.15) is 57.0 Å². The minimum Gasteiger partial charge on any atom is -0.508 e. The number of hydrogen-bond donors (Lipinski definition) is 2. The van der Waals surface area contributed by atoms with E-state index in [9.17, 15) is 9.50 Å². The first-order chi connectivity index (χ1) is 12.0. The molecule has 0 fully saturated rings. The van der Waals surface area contributed by atoms with Gasteiger partial charge in [0.05, 0.1) is 11.2 Å². The summed E-state index contributed by atoms with van der Waals surface area (Å²) in [6.45, 7) is 12.6. The molecule has 0 unspecified atom stereocenters. The zero-order valence-electron chi connectivity index (χ0n) is 16.4. The maximum atomic E-state index is 14.4. The second kappa shape index (κ2) is 6.11. The van der Waals surface area contributed by atoms with Gasteiger partial charge in [0.25, 0.3) is 0 Å². The molecule has 0 saturated carbocycles. The van der Waals surface area contributed by atoms with Gasteiger partial charge in [0, 0.05) is 22.8 Å². The fourth-order valence-electron chi connectivity index (χ4n) is 4.04. The van der Waals surface area contributed by atoms with Gasteiger partial charge >= 0.3 is 0 Å². The number of benzene rings is 2. The SMILES string of the molecule is Cc1ccc2c(CC(C)(C)c3c(O)cccc3F)n[nH]c2c1C(C)(C)C. The summed E-state index contributed by atoms with van der Waals surface area (Å²) in [4.78, 5) is 0. The number of aromatic amines is 1. The minimum atomic E-state index is -0.593. The van der Waals surface area contributed by atoms with E-state index in [0.717, 1.165) is 16.6 Å². The van der Waals surface area contributed by atoms with Gasteiger partial charge in [0.2, 0.25) is 0 Å². The molecule has 0 bridgehead atoms. The molecule has 138 valence electrons. The second-order valence-corrected chi connectivity index (χ2v) is 8.79. The number of rotatable bonds is 3. The quantitative estimate of drug-likeness (QED) is 0.649. The lowest BCUT2D eigenvalue weighted by atomic mass is 9.78. The lowest BCUT2D eigenvalue weighted by molar-refractivity contribution is 0.412. The number of aryl methyl sites for hydroxylation is 1. The number of aromatic nitrogens is 2. The molecular formula is C22H27FN2O. The molecule has 0 radical (unpaired) electrons. The van der Waals surface area contributed by atoms with Crippen LogP contribution in [0.25, 0.3) is 10.9 Å². The van der Waals surface area contributed by atoms with E-state index < -0.39 is 5.41 Å². The molecule has 4 heteroatoms. The molecule has 0 aliphatic carbocycles. The Kier molecular flexibility index (Phi) is 4.33. The van der Waals surface area contributed by atoms with Crippen molar-refractivity contribution in [1.82, 2.24) is 10.2 Å². The van der Waals surface area contributed by atoms with Crippen molar-refractivity contribution < 1.29 is 9.50 Å². The van der Waals surface area contributed by atoms with Crippen LogP contribution in [0.2, 0.25) is 0 Å². The third-order valence-electron chi connectivity index (χ3n) is 5.06. The number of hydrogen-bond acceptors (Lipinski definition) is 2. The molecular weight excluding hydrogens is 327 g/mol. The molecule has 3 aromatic rings. The van der Waals surface area contributed by atoms with Crippen molar-refractivity contribution in [2.24, 2.45) is 0 Å². The predicted octanol–water partition coefficient (Wildman–Crippen LogP) is 5.53. The highest BCUT2D eigenvalue weighted by Crippen LogP contribution is 2.38. The van der Waals surface area contributed by atoms with E-state index >= 15 is 0 Å². The summed E-state index contributed by atoms with van der Waals surface area (Å²) in [5, 5.41) is 19.0. The zero-order valence-corrected chi connectivity index (χ0v) is 16.4. The molecule has 2 N–H and O–H groups in total.